The first kappa shape index (κ1) is 14.8. The number of nitrogens with one attached hydrogen (secondary N) is 1. The lowest BCUT2D eigenvalue weighted by Crippen LogP contribution is -2.19. The molecule has 0 radical (unpaired) electrons. The summed E-state index contributed by atoms with van der Waals surface area (Å²) >= 11 is 0. The maximum Gasteiger partial charge on any atom is 0.389 e. The topological polar surface area (TPSA) is 12.0 Å². The summed E-state index contributed by atoms with van der Waals surface area (Å²) < 4.78 is 35.2. The highest BCUT2D eigenvalue weighted by molar-refractivity contribution is 4.55. The molecule has 1 nitrogen and oxygen atoms in total. The minimum atomic E-state index is -4.00. The van der Waals surface area contributed by atoms with Crippen LogP contribution in [0, 0.1) is 5.92 Å². The fourth-order valence-electron chi connectivity index (χ4n) is 1.34. The van der Waals surface area contributed by atoms with E-state index in [0.29, 0.717) is 6.54 Å². The van der Waals surface area contributed by atoms with Crippen LogP contribution < -0.4 is 5.32 Å². The van der Waals surface area contributed by atoms with Crippen LogP contribution in [0.5, 0.6) is 0 Å². The van der Waals surface area contributed by atoms with E-state index < -0.39 is 12.6 Å². The van der Waals surface area contributed by atoms with Crippen molar-refractivity contribution >= 4 is 0 Å². The van der Waals surface area contributed by atoms with Crippen LogP contribution in [0.4, 0.5) is 13.2 Å². The molecule has 0 saturated carbocycles. The molecule has 0 aromatic heterocycles. The zero-order valence-corrected chi connectivity index (χ0v) is 9.66. The Morgan fingerprint density at radius 3 is 2.13 bits per heavy atom. The minimum Gasteiger partial charge on any atom is -0.317 e. The maximum atomic E-state index is 11.7. The van der Waals surface area contributed by atoms with Crippen LogP contribution in [-0.4, -0.2) is 19.3 Å². The zero-order chi connectivity index (χ0) is 11.7. The van der Waals surface area contributed by atoms with Gasteiger partial charge in [0.15, 0.2) is 0 Å². The van der Waals surface area contributed by atoms with Crippen molar-refractivity contribution in [3.05, 3.63) is 0 Å². The standard InChI is InChI=1S/C11H22F3N/c1-10(2)6-3-4-8-15-9-5-7-11(12,13)14/h10,15H,3-9H2,1-2H3. The summed E-state index contributed by atoms with van der Waals surface area (Å²) in [4.78, 5) is 0. The highest BCUT2D eigenvalue weighted by atomic mass is 19.4. The van der Waals surface area contributed by atoms with Crippen molar-refractivity contribution in [2.45, 2.75) is 52.1 Å². The molecule has 0 aliphatic carbocycles. The Morgan fingerprint density at radius 1 is 1.00 bits per heavy atom. The predicted octanol–water partition coefficient (Wildman–Crippen LogP) is 3.74. The lowest BCUT2D eigenvalue weighted by Gasteiger charge is -2.07. The van der Waals surface area contributed by atoms with Crippen molar-refractivity contribution in [2.75, 3.05) is 13.1 Å². The molecule has 0 fully saturated rings. The Bertz CT molecular complexity index is 143. The van der Waals surface area contributed by atoms with Crippen LogP contribution >= 0.6 is 0 Å². The van der Waals surface area contributed by atoms with Gasteiger partial charge in [-0.15, -0.1) is 0 Å². The first-order valence-corrected chi connectivity index (χ1v) is 5.69. The van der Waals surface area contributed by atoms with Gasteiger partial charge in [0.2, 0.25) is 0 Å². The van der Waals surface area contributed by atoms with Gasteiger partial charge in [-0.1, -0.05) is 26.7 Å². The smallest absolute Gasteiger partial charge is 0.317 e. The lowest BCUT2D eigenvalue weighted by molar-refractivity contribution is -0.135. The van der Waals surface area contributed by atoms with Crippen molar-refractivity contribution in [3.8, 4) is 0 Å². The molecule has 0 spiro atoms. The van der Waals surface area contributed by atoms with E-state index in [0.717, 1.165) is 25.3 Å². The Balaban J connectivity index is 3.06. The van der Waals surface area contributed by atoms with Crippen molar-refractivity contribution in [1.82, 2.24) is 5.32 Å². The molecule has 0 bridgehead atoms. The first-order chi connectivity index (χ1) is 6.92. The Morgan fingerprint density at radius 2 is 1.60 bits per heavy atom. The van der Waals surface area contributed by atoms with Gasteiger partial charge in [-0.3, -0.25) is 0 Å². The van der Waals surface area contributed by atoms with Gasteiger partial charge in [0, 0.05) is 6.42 Å². The molecule has 0 aromatic rings. The Hall–Kier alpha value is -0.250. The number of alkyl halides is 3. The van der Waals surface area contributed by atoms with Crippen LogP contribution in [0.1, 0.15) is 46.0 Å². The summed E-state index contributed by atoms with van der Waals surface area (Å²) in [6, 6.07) is 0. The summed E-state index contributed by atoms with van der Waals surface area (Å²) in [5, 5.41) is 3.03. The molecule has 4 heteroatoms. The zero-order valence-electron chi connectivity index (χ0n) is 9.66. The number of rotatable bonds is 8. The molecule has 0 heterocycles. The first-order valence-electron chi connectivity index (χ1n) is 5.69. The third kappa shape index (κ3) is 13.8. The summed E-state index contributed by atoms with van der Waals surface area (Å²) in [6.45, 7) is 5.67. The Labute approximate surface area is 90.4 Å². The van der Waals surface area contributed by atoms with Crippen LogP contribution in [0.25, 0.3) is 0 Å². The predicted molar refractivity (Wildman–Crippen MR) is 56.8 cm³/mol. The third-order valence-corrected chi connectivity index (χ3v) is 2.20. The fourth-order valence-corrected chi connectivity index (χ4v) is 1.34. The van der Waals surface area contributed by atoms with Gasteiger partial charge in [-0.2, -0.15) is 13.2 Å². The molecule has 0 unspecified atom stereocenters. The van der Waals surface area contributed by atoms with E-state index in [9.17, 15) is 13.2 Å². The molecule has 0 atom stereocenters. The van der Waals surface area contributed by atoms with Crippen molar-refractivity contribution < 1.29 is 13.2 Å². The van der Waals surface area contributed by atoms with E-state index in [4.69, 9.17) is 0 Å². The van der Waals surface area contributed by atoms with Crippen LogP contribution in [0.2, 0.25) is 0 Å². The summed E-state index contributed by atoms with van der Waals surface area (Å²) in [5.41, 5.74) is 0. The van der Waals surface area contributed by atoms with E-state index in [1.165, 1.54) is 6.42 Å². The van der Waals surface area contributed by atoms with Crippen molar-refractivity contribution in [1.29, 1.82) is 0 Å². The molecule has 0 aliphatic rings. The second kappa shape index (κ2) is 7.97. The minimum absolute atomic E-state index is 0.188. The van der Waals surface area contributed by atoms with E-state index in [-0.39, 0.29) is 6.42 Å². The highest BCUT2D eigenvalue weighted by Crippen LogP contribution is 2.20. The fraction of sp³-hybridized carbons (Fsp3) is 1.00. The lowest BCUT2D eigenvalue weighted by atomic mass is 10.1. The normalized spacial score (nSPS) is 12.4. The van der Waals surface area contributed by atoms with Gasteiger partial charge >= 0.3 is 6.18 Å². The molecule has 0 aromatic carbocycles. The SMILES string of the molecule is CC(C)CCCCNCCCC(F)(F)F. The molecule has 92 valence electrons. The molecule has 15 heavy (non-hydrogen) atoms. The molecule has 0 amide bonds. The van der Waals surface area contributed by atoms with E-state index in [1.54, 1.807) is 0 Å². The van der Waals surface area contributed by atoms with Gasteiger partial charge < -0.3 is 5.32 Å². The van der Waals surface area contributed by atoms with Crippen LogP contribution in [0.3, 0.4) is 0 Å². The van der Waals surface area contributed by atoms with Gasteiger partial charge in [0.05, 0.1) is 0 Å². The highest BCUT2D eigenvalue weighted by Gasteiger charge is 2.25. The molecule has 0 rings (SSSR count). The molecule has 1 N–H and O–H groups in total. The van der Waals surface area contributed by atoms with Gasteiger partial charge in [-0.25, -0.2) is 0 Å². The molecule has 0 saturated heterocycles. The number of hydrogen-bond acceptors (Lipinski definition) is 1. The van der Waals surface area contributed by atoms with Crippen LogP contribution in [0.15, 0.2) is 0 Å². The summed E-state index contributed by atoms with van der Waals surface area (Å²) in [6.07, 6.45) is -1.07. The number of hydrogen-bond donors (Lipinski definition) is 1. The van der Waals surface area contributed by atoms with Crippen LogP contribution in [-0.2, 0) is 0 Å². The third-order valence-electron chi connectivity index (χ3n) is 2.20. The number of halogens is 3. The molecular weight excluding hydrogens is 203 g/mol. The molecular formula is C11H22F3N. The van der Waals surface area contributed by atoms with Gasteiger partial charge in [-0.05, 0) is 31.8 Å². The quantitative estimate of drug-likeness (QED) is 0.620. The summed E-state index contributed by atoms with van der Waals surface area (Å²) in [7, 11) is 0. The Kier molecular flexibility index (Phi) is 7.83. The van der Waals surface area contributed by atoms with Crippen molar-refractivity contribution in [3.63, 3.8) is 0 Å². The molecule has 0 aliphatic heterocycles. The second-order valence-electron chi connectivity index (χ2n) is 4.36. The van der Waals surface area contributed by atoms with Gasteiger partial charge in [0.25, 0.3) is 0 Å². The summed E-state index contributed by atoms with van der Waals surface area (Å²) in [5.74, 6) is 0.718. The van der Waals surface area contributed by atoms with E-state index in [2.05, 4.69) is 19.2 Å². The van der Waals surface area contributed by atoms with Gasteiger partial charge in [0.1, 0.15) is 0 Å². The average molecular weight is 225 g/mol. The second-order valence-corrected chi connectivity index (χ2v) is 4.36. The average Bonchev–Trinajstić information content (AvgIpc) is 2.07. The maximum absolute atomic E-state index is 11.7. The monoisotopic (exact) mass is 225 g/mol. The van der Waals surface area contributed by atoms with E-state index in [1.807, 2.05) is 0 Å². The largest absolute Gasteiger partial charge is 0.389 e. The van der Waals surface area contributed by atoms with Crippen molar-refractivity contribution in [2.24, 2.45) is 5.92 Å². The van der Waals surface area contributed by atoms with E-state index >= 15 is 0 Å². The number of unbranched alkanes of at least 4 members (excludes halogenated alkanes) is 1.